The zero-order valence-corrected chi connectivity index (χ0v) is 31.7. The van der Waals surface area contributed by atoms with Gasteiger partial charge in [0.2, 0.25) is 0 Å². The molecule has 0 unspecified atom stereocenters. The summed E-state index contributed by atoms with van der Waals surface area (Å²) in [5.41, 5.74) is 11.3. The molecule has 1 aromatic heterocycles. The molecular weight excluding hydrogens is 759 g/mol. The number of aromatic nitrogens is 2. The maximum atomic E-state index is 11.7. The van der Waals surface area contributed by atoms with E-state index in [2.05, 4.69) is 62.0 Å². The Balaban J connectivity index is 0.000000410. The van der Waals surface area contributed by atoms with Gasteiger partial charge in [-0.15, -0.1) is 34.9 Å². The molecule has 0 aliphatic rings. The fraction of sp³-hybridized carbons (Fsp3) is 0.366. The molecule has 4 aromatic rings. The van der Waals surface area contributed by atoms with Crippen LogP contribution in [-0.4, -0.2) is 20.9 Å². The number of hydrogen-bond donors (Lipinski definition) is 1. The third-order valence-corrected chi connectivity index (χ3v) is 8.38. The average molecular weight is 807 g/mol. The molecule has 0 amide bonds. The minimum Gasteiger partial charge on any atom is -0.512 e. The molecule has 5 nitrogen and oxygen atoms in total. The van der Waals surface area contributed by atoms with Crippen molar-refractivity contribution in [3.05, 3.63) is 112 Å². The van der Waals surface area contributed by atoms with E-state index in [1.54, 1.807) is 6.20 Å². The Morgan fingerprint density at radius 2 is 1.47 bits per heavy atom. The molecule has 1 N–H and O–H groups in total. The summed E-state index contributed by atoms with van der Waals surface area (Å²) in [4.78, 5) is 25.4. The van der Waals surface area contributed by atoms with Crippen LogP contribution in [0.2, 0.25) is 0 Å². The smallest absolute Gasteiger partial charge is 0.196 e. The van der Waals surface area contributed by atoms with Crippen LogP contribution in [0.15, 0.2) is 66.6 Å². The summed E-state index contributed by atoms with van der Waals surface area (Å²) >= 11 is 0. The molecule has 0 fully saturated rings. The van der Waals surface area contributed by atoms with Crippen molar-refractivity contribution in [1.29, 1.82) is 0 Å². The Kier molecular flexibility index (Phi) is 15.4. The van der Waals surface area contributed by atoms with Crippen LogP contribution < -0.4 is 0 Å². The van der Waals surface area contributed by atoms with Gasteiger partial charge < -0.3 is 10.1 Å². The first kappa shape index (κ1) is 39.3. The van der Waals surface area contributed by atoms with E-state index in [-0.39, 0.29) is 43.5 Å². The quantitative estimate of drug-likeness (QED) is 0.0985. The van der Waals surface area contributed by atoms with Crippen LogP contribution in [0, 0.1) is 59.1 Å². The zero-order chi connectivity index (χ0) is 34.0. The summed E-state index contributed by atoms with van der Waals surface area (Å²) < 4.78 is 0. The molecule has 249 valence electrons. The molecule has 0 aliphatic heterocycles. The van der Waals surface area contributed by atoms with Crippen molar-refractivity contribution >= 4 is 11.5 Å². The first-order valence-electron chi connectivity index (χ1n) is 16.3. The Hall–Kier alpha value is -3.91. The summed E-state index contributed by atoms with van der Waals surface area (Å²) in [6.45, 7) is 26.0. The molecule has 0 atom stereocenters. The van der Waals surface area contributed by atoms with Gasteiger partial charge in [0.05, 0.1) is 23.7 Å². The van der Waals surface area contributed by atoms with Gasteiger partial charge in [0.15, 0.2) is 11.5 Å². The van der Waals surface area contributed by atoms with E-state index in [9.17, 15) is 9.90 Å². The molecule has 6 heteroatoms. The molecule has 0 spiro atoms. The van der Waals surface area contributed by atoms with Gasteiger partial charge in [-0.05, 0) is 52.0 Å². The predicted molar refractivity (Wildman–Crippen MR) is 191 cm³/mol. The molecule has 3 aromatic carbocycles. The van der Waals surface area contributed by atoms with Crippen molar-refractivity contribution < 1.29 is 30.0 Å². The number of rotatable bonds is 10. The van der Waals surface area contributed by atoms with Crippen molar-refractivity contribution in [2.24, 2.45) is 11.8 Å². The Labute approximate surface area is 295 Å². The number of benzene rings is 3. The molecule has 4 rings (SSSR count). The summed E-state index contributed by atoms with van der Waals surface area (Å²) in [5.74, 6) is 0.547. The van der Waals surface area contributed by atoms with Crippen molar-refractivity contribution in [3.63, 3.8) is 0 Å². The molecule has 0 bridgehead atoms. The van der Waals surface area contributed by atoms with Gasteiger partial charge >= 0.3 is 0 Å². The summed E-state index contributed by atoms with van der Waals surface area (Å²) in [6, 6.07) is 19.8. The first-order chi connectivity index (χ1) is 21.9. The van der Waals surface area contributed by atoms with E-state index < -0.39 is 0 Å². The SMILES string of the molecule is CCC(CC)C(=O)/C=C(\O)C(CC)CC.[C-]#[N+]c1cccc(C)c1-c1cnc(-c2[c-]c(C)cc(C)c2)c(-c2cc(C)cc(C)c2)n1.[Ir]. The van der Waals surface area contributed by atoms with Crippen molar-refractivity contribution in [3.8, 4) is 33.8 Å². The predicted octanol–water partition coefficient (Wildman–Crippen LogP) is 11.2. The Morgan fingerprint density at radius 1 is 0.872 bits per heavy atom. The standard InChI is InChI=1S/C28H24N3.C13H24O2.Ir/c1-17-10-18(2)13-22(12-17)27-28(23-14-19(3)11-20(4)15-23)31-25(16-30-27)26-21(5)8-7-9-24(26)29-6;1-5-10(6-2)12(14)9-13(15)11(7-3)8-4;/h7-12,14-16H,1-5H3;9-11,14H,5-8H2,1-4H3;/q-1;;/b;12-9-;. The molecule has 1 radical (unpaired) electrons. The maximum Gasteiger partial charge on any atom is 0.196 e. The van der Waals surface area contributed by atoms with Gasteiger partial charge in [-0.3, -0.25) is 9.78 Å². The second kappa shape index (κ2) is 18.4. The number of ketones is 1. The third kappa shape index (κ3) is 10.3. The van der Waals surface area contributed by atoms with Crippen molar-refractivity contribution in [2.45, 2.75) is 88.0 Å². The minimum absolute atomic E-state index is 0. The molecule has 47 heavy (non-hydrogen) atoms. The van der Waals surface area contributed by atoms with Crippen LogP contribution >= 0.6 is 0 Å². The summed E-state index contributed by atoms with van der Waals surface area (Å²) in [7, 11) is 0. The van der Waals surface area contributed by atoms with Gasteiger partial charge in [0.1, 0.15) is 0 Å². The van der Waals surface area contributed by atoms with Crippen molar-refractivity contribution in [2.75, 3.05) is 0 Å². The van der Waals surface area contributed by atoms with Gasteiger partial charge in [0.25, 0.3) is 0 Å². The third-order valence-electron chi connectivity index (χ3n) is 8.38. The van der Waals surface area contributed by atoms with E-state index in [0.29, 0.717) is 11.4 Å². The number of nitrogens with zero attached hydrogens (tertiary/aromatic N) is 3. The van der Waals surface area contributed by atoms with Gasteiger partial charge in [-0.25, -0.2) is 4.85 Å². The van der Waals surface area contributed by atoms with E-state index in [4.69, 9.17) is 16.5 Å². The van der Waals surface area contributed by atoms with Crippen LogP contribution in [0.1, 0.15) is 81.2 Å². The van der Waals surface area contributed by atoms with E-state index in [1.807, 2.05) is 59.7 Å². The number of aryl methyl sites for hydroxylation is 5. The van der Waals surface area contributed by atoms with Gasteiger partial charge in [-0.1, -0.05) is 94.6 Å². The second-order valence-electron chi connectivity index (χ2n) is 12.2. The molecule has 0 saturated heterocycles. The summed E-state index contributed by atoms with van der Waals surface area (Å²) in [5, 5.41) is 9.76. The van der Waals surface area contributed by atoms with E-state index in [1.165, 1.54) is 17.2 Å². The van der Waals surface area contributed by atoms with Crippen LogP contribution in [-0.2, 0) is 24.9 Å². The normalized spacial score (nSPS) is 11.1. The number of carbonyl (C=O) groups is 1. The van der Waals surface area contributed by atoms with Crippen LogP contribution in [0.5, 0.6) is 0 Å². The maximum absolute atomic E-state index is 11.7. The average Bonchev–Trinajstić information content (AvgIpc) is 3.01. The van der Waals surface area contributed by atoms with Crippen molar-refractivity contribution in [1.82, 2.24) is 9.97 Å². The van der Waals surface area contributed by atoms with Crippen LogP contribution in [0.25, 0.3) is 38.6 Å². The number of aliphatic hydroxyl groups is 1. The number of hydrogen-bond acceptors (Lipinski definition) is 4. The van der Waals surface area contributed by atoms with Gasteiger partial charge in [-0.2, -0.15) is 0 Å². The summed E-state index contributed by atoms with van der Waals surface area (Å²) in [6.07, 6.45) is 6.69. The Bertz CT molecular complexity index is 1700. The molecule has 0 aliphatic carbocycles. The zero-order valence-electron chi connectivity index (χ0n) is 29.3. The number of carbonyl (C=O) groups excluding carboxylic acids is 1. The number of allylic oxidation sites excluding steroid dienone is 2. The van der Waals surface area contributed by atoms with Crippen LogP contribution in [0.4, 0.5) is 5.69 Å². The Morgan fingerprint density at radius 3 is 2.02 bits per heavy atom. The molecular formula is C41H48IrN3O2-. The fourth-order valence-electron chi connectivity index (χ4n) is 5.90. The monoisotopic (exact) mass is 807 g/mol. The second-order valence-corrected chi connectivity index (χ2v) is 12.2. The van der Waals surface area contributed by atoms with Crippen LogP contribution in [0.3, 0.4) is 0 Å². The fourth-order valence-corrected chi connectivity index (χ4v) is 5.90. The topological polar surface area (TPSA) is 67.4 Å². The molecule has 0 saturated carbocycles. The molecule has 1 heterocycles. The largest absolute Gasteiger partial charge is 0.512 e. The first-order valence-corrected chi connectivity index (χ1v) is 16.3. The minimum atomic E-state index is 0. The van der Waals surface area contributed by atoms with E-state index in [0.717, 1.165) is 70.5 Å². The number of aliphatic hydroxyl groups excluding tert-OH is 1. The van der Waals surface area contributed by atoms with E-state index >= 15 is 0 Å². The van der Waals surface area contributed by atoms with Gasteiger partial charge in [0, 0.05) is 55.5 Å².